The molecule has 8 nitrogen and oxygen atoms in total. The van der Waals surface area contributed by atoms with E-state index in [1.54, 1.807) is 23.1 Å². The number of benzene rings is 2. The van der Waals surface area contributed by atoms with Crippen LogP contribution in [0.2, 0.25) is 15.1 Å². The molecular weight excluding hydrogens is 568 g/mol. The van der Waals surface area contributed by atoms with Gasteiger partial charge in [-0.05, 0) is 43.3 Å². The van der Waals surface area contributed by atoms with E-state index in [-0.39, 0.29) is 61.2 Å². The number of phenols is 1. The highest BCUT2D eigenvalue weighted by Crippen LogP contribution is 2.39. The average Bonchev–Trinajstić information content (AvgIpc) is 2.89. The Bertz CT molecular complexity index is 1670. The number of carbonyl (C=O) groups excluding carboxylic acids is 1. The number of hydrogen-bond acceptors (Lipinski definition) is 6. The van der Waals surface area contributed by atoms with E-state index in [9.17, 15) is 19.1 Å². The molecule has 0 unspecified atom stereocenters. The van der Waals surface area contributed by atoms with Gasteiger partial charge in [-0.2, -0.15) is 4.98 Å². The number of halogens is 4. The number of para-hydroxylation sites is 1. The van der Waals surface area contributed by atoms with Crippen molar-refractivity contribution in [3.8, 4) is 22.7 Å². The summed E-state index contributed by atoms with van der Waals surface area (Å²) >= 11 is 19.6. The van der Waals surface area contributed by atoms with E-state index in [0.29, 0.717) is 25.0 Å². The Morgan fingerprint density at radius 2 is 1.79 bits per heavy atom. The van der Waals surface area contributed by atoms with Crippen LogP contribution in [-0.2, 0) is 4.79 Å². The maximum atomic E-state index is 14.9. The third kappa shape index (κ3) is 4.71. The number of carbonyl (C=O) groups is 1. The predicted octanol–water partition coefficient (Wildman–Crippen LogP) is 5.48. The number of piperazine rings is 1. The Morgan fingerprint density at radius 1 is 1.10 bits per heavy atom. The lowest BCUT2D eigenvalue weighted by Gasteiger charge is -2.40. The van der Waals surface area contributed by atoms with Gasteiger partial charge in [-0.3, -0.25) is 4.79 Å². The standard InChI is InChI=1S/C27H21Cl3FN5O3/c1-3-21(38)34-10-11-35(14(2)13-34)25-15-12-18(30)23(22-19(31)8-5-9-20(22)37)32-26(15)36(27(39)33-25)24-16(28)6-4-7-17(24)29/h3-9,12,14,37H,1,10-11,13H2,2H3/t14-/m0/s1. The van der Waals surface area contributed by atoms with E-state index in [1.807, 2.05) is 11.8 Å². The second-order valence-electron chi connectivity index (χ2n) is 8.98. The molecule has 2 aromatic heterocycles. The Balaban J connectivity index is 1.81. The van der Waals surface area contributed by atoms with Gasteiger partial charge in [0.2, 0.25) is 5.91 Å². The summed E-state index contributed by atoms with van der Waals surface area (Å²) in [5, 5.41) is 11.2. The molecule has 2 aromatic carbocycles. The van der Waals surface area contributed by atoms with E-state index in [2.05, 4.69) is 16.5 Å². The molecule has 0 spiro atoms. The number of rotatable bonds is 4. The Morgan fingerprint density at radius 3 is 2.44 bits per heavy atom. The van der Waals surface area contributed by atoms with Crippen LogP contribution in [0.15, 0.2) is 59.9 Å². The van der Waals surface area contributed by atoms with E-state index in [1.165, 1.54) is 30.3 Å². The SMILES string of the molecule is C=CC(=O)N1CCN(c2nc(=O)n(-c3c(Cl)cccc3Cl)c3nc(-c4c(O)cccc4F)c(Cl)cc23)[C@@H](C)C1. The minimum absolute atomic E-state index is 0.0227. The fraction of sp³-hybridized carbons (Fsp3) is 0.185. The van der Waals surface area contributed by atoms with Crippen LogP contribution in [0.25, 0.3) is 28.0 Å². The fourth-order valence-electron chi connectivity index (χ4n) is 4.75. The van der Waals surface area contributed by atoms with Gasteiger partial charge >= 0.3 is 5.69 Å². The first-order valence-electron chi connectivity index (χ1n) is 11.9. The number of anilines is 1. The molecule has 3 heterocycles. The molecule has 1 atom stereocenters. The maximum absolute atomic E-state index is 14.9. The molecule has 1 aliphatic heterocycles. The normalized spacial score (nSPS) is 15.6. The summed E-state index contributed by atoms with van der Waals surface area (Å²) in [6, 6.07) is 9.86. The van der Waals surface area contributed by atoms with Gasteiger partial charge in [-0.1, -0.05) is 53.5 Å². The van der Waals surface area contributed by atoms with Gasteiger partial charge in [-0.15, -0.1) is 0 Å². The van der Waals surface area contributed by atoms with E-state index < -0.39 is 11.5 Å². The first kappa shape index (κ1) is 26.9. The zero-order chi connectivity index (χ0) is 28.0. The molecule has 1 amide bonds. The van der Waals surface area contributed by atoms with Crippen molar-refractivity contribution in [1.29, 1.82) is 0 Å². The van der Waals surface area contributed by atoms with Crippen LogP contribution < -0.4 is 10.6 Å². The van der Waals surface area contributed by atoms with Crippen molar-refractivity contribution in [2.75, 3.05) is 24.5 Å². The number of aromatic hydroxyl groups is 1. The summed E-state index contributed by atoms with van der Waals surface area (Å²) in [5.74, 6) is -1.04. The van der Waals surface area contributed by atoms with Gasteiger partial charge in [0.15, 0.2) is 5.65 Å². The Labute approximate surface area is 237 Å². The molecule has 12 heteroatoms. The summed E-state index contributed by atoms with van der Waals surface area (Å²) in [4.78, 5) is 38.3. The number of aromatic nitrogens is 3. The van der Waals surface area contributed by atoms with E-state index >= 15 is 0 Å². The van der Waals surface area contributed by atoms with Crippen LogP contribution in [0.5, 0.6) is 5.75 Å². The van der Waals surface area contributed by atoms with Crippen LogP contribution in [0.4, 0.5) is 10.2 Å². The number of hydrogen-bond donors (Lipinski definition) is 1. The van der Waals surface area contributed by atoms with Crippen LogP contribution in [0.3, 0.4) is 0 Å². The van der Waals surface area contributed by atoms with Crippen LogP contribution in [0, 0.1) is 5.82 Å². The summed E-state index contributed by atoms with van der Waals surface area (Å²) in [6.45, 7) is 6.56. The number of fused-ring (bicyclic) bond motifs is 1. The highest BCUT2D eigenvalue weighted by molar-refractivity contribution is 6.38. The Hall–Kier alpha value is -3.66. The quantitative estimate of drug-likeness (QED) is 0.318. The van der Waals surface area contributed by atoms with Gasteiger partial charge in [0.05, 0.1) is 37.4 Å². The smallest absolute Gasteiger partial charge is 0.355 e. The summed E-state index contributed by atoms with van der Waals surface area (Å²) in [7, 11) is 0. The molecule has 39 heavy (non-hydrogen) atoms. The van der Waals surface area contributed by atoms with Crippen molar-refractivity contribution >= 4 is 57.6 Å². The summed E-state index contributed by atoms with van der Waals surface area (Å²) < 4.78 is 16.0. The molecule has 1 saturated heterocycles. The Kier molecular flexibility index (Phi) is 7.24. The first-order chi connectivity index (χ1) is 18.6. The molecule has 0 bridgehead atoms. The lowest BCUT2D eigenvalue weighted by Crippen LogP contribution is -2.54. The van der Waals surface area contributed by atoms with Crippen molar-refractivity contribution in [1.82, 2.24) is 19.4 Å². The highest BCUT2D eigenvalue weighted by atomic mass is 35.5. The van der Waals surface area contributed by atoms with Gasteiger partial charge < -0.3 is 14.9 Å². The minimum atomic E-state index is -0.751. The second-order valence-corrected chi connectivity index (χ2v) is 10.2. The van der Waals surface area contributed by atoms with Crippen molar-refractivity contribution in [2.45, 2.75) is 13.0 Å². The maximum Gasteiger partial charge on any atom is 0.355 e. The molecule has 1 fully saturated rings. The molecule has 1 N–H and O–H groups in total. The van der Waals surface area contributed by atoms with Crippen LogP contribution in [-0.4, -0.2) is 56.1 Å². The molecule has 5 rings (SSSR count). The van der Waals surface area contributed by atoms with Gasteiger partial charge in [0, 0.05) is 25.7 Å². The number of phenolic OH excluding ortho intramolecular Hbond substituents is 1. The zero-order valence-electron chi connectivity index (χ0n) is 20.5. The molecule has 200 valence electrons. The fourth-order valence-corrected chi connectivity index (χ4v) is 5.57. The monoisotopic (exact) mass is 587 g/mol. The summed E-state index contributed by atoms with van der Waals surface area (Å²) in [5.41, 5.74) is -0.843. The van der Waals surface area contributed by atoms with E-state index in [4.69, 9.17) is 34.8 Å². The van der Waals surface area contributed by atoms with Crippen LogP contribution >= 0.6 is 34.8 Å². The number of nitrogens with zero attached hydrogens (tertiary/aromatic N) is 5. The first-order valence-corrected chi connectivity index (χ1v) is 13.0. The second kappa shape index (κ2) is 10.5. The molecule has 0 radical (unpaired) electrons. The third-order valence-corrected chi connectivity index (χ3v) is 7.47. The number of amides is 1. The molecule has 4 aromatic rings. The van der Waals surface area contributed by atoms with Crippen molar-refractivity contribution in [3.63, 3.8) is 0 Å². The van der Waals surface area contributed by atoms with Crippen molar-refractivity contribution < 1.29 is 14.3 Å². The zero-order valence-corrected chi connectivity index (χ0v) is 22.8. The predicted molar refractivity (Wildman–Crippen MR) is 151 cm³/mol. The lowest BCUT2D eigenvalue weighted by atomic mass is 10.1. The highest BCUT2D eigenvalue weighted by Gasteiger charge is 2.30. The van der Waals surface area contributed by atoms with E-state index in [0.717, 1.165) is 4.57 Å². The van der Waals surface area contributed by atoms with Gasteiger partial charge in [0.25, 0.3) is 0 Å². The third-order valence-electron chi connectivity index (χ3n) is 6.58. The molecule has 0 saturated carbocycles. The molecular formula is C27H21Cl3FN5O3. The van der Waals surface area contributed by atoms with Crippen molar-refractivity contribution in [2.24, 2.45) is 0 Å². The van der Waals surface area contributed by atoms with Crippen molar-refractivity contribution in [3.05, 3.63) is 86.5 Å². The summed E-state index contributed by atoms with van der Waals surface area (Å²) in [6.07, 6.45) is 1.26. The largest absolute Gasteiger partial charge is 0.507 e. The molecule has 0 aliphatic carbocycles. The lowest BCUT2D eigenvalue weighted by molar-refractivity contribution is -0.126. The average molecular weight is 589 g/mol. The van der Waals surface area contributed by atoms with Crippen LogP contribution in [0.1, 0.15) is 6.92 Å². The number of pyridine rings is 1. The van der Waals surface area contributed by atoms with Gasteiger partial charge in [-0.25, -0.2) is 18.7 Å². The minimum Gasteiger partial charge on any atom is -0.507 e. The van der Waals surface area contributed by atoms with Gasteiger partial charge in [0.1, 0.15) is 17.4 Å². The molecule has 1 aliphatic rings. The topological polar surface area (TPSA) is 91.6 Å².